The topological polar surface area (TPSA) is 72.7 Å². The Balaban J connectivity index is 1.97. The van der Waals surface area contributed by atoms with Crippen molar-refractivity contribution in [1.29, 1.82) is 0 Å². The molecule has 2 heterocycles. The van der Waals surface area contributed by atoms with E-state index in [9.17, 15) is 26.7 Å². The maximum atomic E-state index is 13.5. The standard InChI is InChI=1S/C14H7ClF5N5OS/c15-6-1-3-7(4-2-6)25-9(14(18,19)20)8(5-21-25)11(26)22-13-24-23-12(27-13)10(16)17/h1-5,10H,(H,22,24,26). The van der Waals surface area contributed by atoms with Crippen molar-refractivity contribution in [1.82, 2.24) is 20.0 Å². The first-order valence-corrected chi connectivity index (χ1v) is 8.20. The van der Waals surface area contributed by atoms with Crippen molar-refractivity contribution in [2.45, 2.75) is 12.6 Å². The Morgan fingerprint density at radius 1 is 1.19 bits per heavy atom. The van der Waals surface area contributed by atoms with Gasteiger partial charge in [-0.3, -0.25) is 10.1 Å². The number of halogens is 6. The van der Waals surface area contributed by atoms with Gasteiger partial charge in [-0.1, -0.05) is 22.9 Å². The quantitative estimate of drug-likeness (QED) is 0.623. The van der Waals surface area contributed by atoms with Gasteiger partial charge in [0.2, 0.25) is 5.13 Å². The summed E-state index contributed by atoms with van der Waals surface area (Å²) in [5.74, 6) is -1.21. The number of anilines is 1. The molecule has 1 amide bonds. The number of nitrogens with one attached hydrogen (secondary N) is 1. The molecule has 2 aromatic heterocycles. The molecule has 0 bridgehead atoms. The Hall–Kier alpha value is -2.60. The summed E-state index contributed by atoms with van der Waals surface area (Å²) in [5, 5.41) is 11.4. The maximum absolute atomic E-state index is 13.5. The van der Waals surface area contributed by atoms with Gasteiger partial charge in [0.25, 0.3) is 12.3 Å². The van der Waals surface area contributed by atoms with Crippen LogP contribution in [-0.2, 0) is 6.18 Å². The molecule has 0 aliphatic carbocycles. The Kier molecular flexibility index (Phi) is 5.11. The molecule has 1 aromatic carbocycles. The minimum absolute atomic E-state index is 0.0293. The van der Waals surface area contributed by atoms with Gasteiger partial charge < -0.3 is 0 Å². The van der Waals surface area contributed by atoms with Crippen LogP contribution in [0.25, 0.3) is 5.69 Å². The lowest BCUT2D eigenvalue weighted by molar-refractivity contribution is -0.143. The van der Waals surface area contributed by atoms with E-state index in [0.29, 0.717) is 21.0 Å². The van der Waals surface area contributed by atoms with E-state index >= 15 is 0 Å². The highest BCUT2D eigenvalue weighted by atomic mass is 35.5. The molecule has 0 fully saturated rings. The molecule has 6 nitrogen and oxygen atoms in total. The van der Waals surface area contributed by atoms with Crippen LogP contribution >= 0.6 is 22.9 Å². The van der Waals surface area contributed by atoms with Crippen LogP contribution < -0.4 is 5.32 Å². The number of alkyl halides is 5. The van der Waals surface area contributed by atoms with Gasteiger partial charge in [0.05, 0.1) is 17.4 Å². The predicted octanol–water partition coefficient (Wildman–Crippen LogP) is 4.59. The van der Waals surface area contributed by atoms with E-state index in [1.807, 2.05) is 5.32 Å². The smallest absolute Gasteiger partial charge is 0.296 e. The number of hydrogen-bond donors (Lipinski definition) is 1. The van der Waals surface area contributed by atoms with Crippen molar-refractivity contribution in [3.8, 4) is 5.69 Å². The number of rotatable bonds is 4. The largest absolute Gasteiger partial charge is 0.434 e. The summed E-state index contributed by atoms with van der Waals surface area (Å²) in [7, 11) is 0. The SMILES string of the molecule is O=C(Nc1nnc(C(F)F)s1)c1cnn(-c2ccc(Cl)cc2)c1C(F)(F)F. The van der Waals surface area contributed by atoms with Crippen LogP contribution in [0.2, 0.25) is 5.02 Å². The summed E-state index contributed by atoms with van der Waals surface area (Å²) < 4.78 is 66.1. The Labute approximate surface area is 156 Å². The number of aromatic nitrogens is 4. The first-order chi connectivity index (χ1) is 12.7. The molecule has 0 spiro atoms. The van der Waals surface area contributed by atoms with Gasteiger partial charge in [-0.05, 0) is 24.3 Å². The first kappa shape index (κ1) is 19.2. The predicted molar refractivity (Wildman–Crippen MR) is 86.4 cm³/mol. The Bertz CT molecular complexity index is 969. The molecule has 0 aliphatic heterocycles. The summed E-state index contributed by atoms with van der Waals surface area (Å²) >= 11 is 6.07. The zero-order valence-electron chi connectivity index (χ0n) is 12.8. The van der Waals surface area contributed by atoms with Crippen LogP contribution in [0.4, 0.5) is 27.1 Å². The van der Waals surface area contributed by atoms with E-state index in [-0.39, 0.29) is 10.8 Å². The second-order valence-corrected chi connectivity index (χ2v) is 6.44. The van der Waals surface area contributed by atoms with E-state index in [0.717, 1.165) is 6.20 Å². The Morgan fingerprint density at radius 3 is 2.41 bits per heavy atom. The summed E-state index contributed by atoms with van der Waals surface area (Å²) in [5.41, 5.74) is -2.10. The molecule has 0 aliphatic rings. The van der Waals surface area contributed by atoms with E-state index in [2.05, 4.69) is 15.3 Å². The maximum Gasteiger partial charge on any atom is 0.434 e. The van der Waals surface area contributed by atoms with Crippen molar-refractivity contribution < 1.29 is 26.7 Å². The lowest BCUT2D eigenvalue weighted by atomic mass is 10.2. The number of hydrogen-bond acceptors (Lipinski definition) is 5. The Morgan fingerprint density at radius 2 is 1.85 bits per heavy atom. The first-order valence-electron chi connectivity index (χ1n) is 7.01. The average molecular weight is 424 g/mol. The van der Waals surface area contributed by atoms with Gasteiger partial charge in [-0.15, -0.1) is 10.2 Å². The molecule has 3 aromatic rings. The second-order valence-electron chi connectivity index (χ2n) is 4.99. The fourth-order valence-corrected chi connectivity index (χ4v) is 2.82. The van der Waals surface area contributed by atoms with E-state index in [1.165, 1.54) is 24.3 Å². The van der Waals surface area contributed by atoms with Gasteiger partial charge in [-0.25, -0.2) is 13.5 Å². The van der Waals surface area contributed by atoms with Crippen molar-refractivity contribution in [3.63, 3.8) is 0 Å². The summed E-state index contributed by atoms with van der Waals surface area (Å²) in [6.07, 6.45) is -7.11. The van der Waals surface area contributed by atoms with Crippen LogP contribution in [0.15, 0.2) is 30.5 Å². The van der Waals surface area contributed by atoms with Crippen LogP contribution in [0.3, 0.4) is 0 Å². The average Bonchev–Trinajstić information content (AvgIpc) is 3.22. The lowest BCUT2D eigenvalue weighted by Gasteiger charge is -2.12. The summed E-state index contributed by atoms with van der Waals surface area (Å²) in [6, 6.07) is 5.33. The molecule has 0 saturated heterocycles. The van der Waals surface area contributed by atoms with Crippen LogP contribution in [0.5, 0.6) is 0 Å². The van der Waals surface area contributed by atoms with E-state index in [4.69, 9.17) is 11.6 Å². The van der Waals surface area contributed by atoms with Crippen molar-refractivity contribution >= 4 is 34.0 Å². The molecule has 142 valence electrons. The monoisotopic (exact) mass is 423 g/mol. The minimum atomic E-state index is -4.92. The number of benzene rings is 1. The number of carbonyl (C=O) groups is 1. The van der Waals surface area contributed by atoms with Gasteiger partial charge in [0.1, 0.15) is 0 Å². The van der Waals surface area contributed by atoms with Gasteiger partial charge in [0.15, 0.2) is 10.7 Å². The molecule has 0 atom stereocenters. The molecule has 0 radical (unpaired) electrons. The third-order valence-electron chi connectivity index (χ3n) is 3.20. The molecule has 0 saturated carbocycles. The zero-order chi connectivity index (χ0) is 19.8. The number of nitrogens with zero attached hydrogens (tertiary/aromatic N) is 4. The van der Waals surface area contributed by atoms with Crippen molar-refractivity contribution in [2.24, 2.45) is 0 Å². The fourth-order valence-electron chi connectivity index (χ4n) is 2.10. The molecule has 27 heavy (non-hydrogen) atoms. The highest BCUT2D eigenvalue weighted by Crippen LogP contribution is 2.34. The number of carbonyl (C=O) groups excluding carboxylic acids is 1. The minimum Gasteiger partial charge on any atom is -0.296 e. The summed E-state index contributed by atoms with van der Waals surface area (Å²) in [4.78, 5) is 12.2. The van der Waals surface area contributed by atoms with Gasteiger partial charge >= 0.3 is 6.18 Å². The molecular weight excluding hydrogens is 417 g/mol. The van der Waals surface area contributed by atoms with Crippen molar-refractivity contribution in [3.05, 3.63) is 51.7 Å². The molecule has 13 heteroatoms. The normalized spacial score (nSPS) is 11.8. The van der Waals surface area contributed by atoms with E-state index < -0.39 is 34.8 Å². The van der Waals surface area contributed by atoms with Crippen LogP contribution in [-0.4, -0.2) is 25.9 Å². The third kappa shape index (κ3) is 4.06. The van der Waals surface area contributed by atoms with Crippen LogP contribution in [0, 0.1) is 0 Å². The number of amides is 1. The highest BCUT2D eigenvalue weighted by molar-refractivity contribution is 7.15. The molecule has 1 N–H and O–H groups in total. The summed E-state index contributed by atoms with van der Waals surface area (Å²) in [6.45, 7) is 0. The fraction of sp³-hybridized carbons (Fsp3) is 0.143. The van der Waals surface area contributed by atoms with Crippen molar-refractivity contribution in [2.75, 3.05) is 5.32 Å². The lowest BCUT2D eigenvalue weighted by Crippen LogP contribution is -2.20. The second kappa shape index (κ2) is 7.19. The van der Waals surface area contributed by atoms with Crippen LogP contribution in [0.1, 0.15) is 27.5 Å². The molecule has 0 unspecified atom stereocenters. The zero-order valence-corrected chi connectivity index (χ0v) is 14.4. The van der Waals surface area contributed by atoms with Gasteiger partial charge in [-0.2, -0.15) is 18.3 Å². The highest BCUT2D eigenvalue weighted by Gasteiger charge is 2.40. The molecule has 3 rings (SSSR count). The van der Waals surface area contributed by atoms with E-state index in [1.54, 1.807) is 0 Å². The molecular formula is C14H7ClF5N5OS. The van der Waals surface area contributed by atoms with Gasteiger partial charge in [0, 0.05) is 5.02 Å². The third-order valence-corrected chi connectivity index (χ3v) is 4.30.